The second-order valence-electron chi connectivity index (χ2n) is 4.60. The van der Waals surface area contributed by atoms with E-state index in [4.69, 9.17) is 0 Å². The Morgan fingerprint density at radius 3 is 2.80 bits per heavy atom. The van der Waals surface area contributed by atoms with Crippen LogP contribution in [0.2, 0.25) is 0 Å². The maximum Gasteiger partial charge on any atom is 0.134 e. The third kappa shape index (κ3) is 3.69. The molecule has 0 fully saturated rings. The minimum atomic E-state index is 0.872. The quantitative estimate of drug-likeness (QED) is 0.722. The van der Waals surface area contributed by atoms with Crippen LogP contribution in [0.4, 0.5) is 11.6 Å². The molecule has 108 valence electrons. The monoisotopic (exact) mass is 274 g/mol. The number of hydrogen-bond acceptors (Lipinski definition) is 5. The fourth-order valence-electron chi connectivity index (χ4n) is 2.15. The lowest BCUT2D eigenvalue weighted by Gasteiger charge is -2.13. The normalized spacial score (nSPS) is 10.5. The summed E-state index contributed by atoms with van der Waals surface area (Å²) in [7, 11) is 1.89. The van der Waals surface area contributed by atoms with Crippen LogP contribution in [0.25, 0.3) is 0 Å². The molecule has 0 radical (unpaired) electrons. The van der Waals surface area contributed by atoms with Gasteiger partial charge in [0.15, 0.2) is 0 Å². The highest BCUT2D eigenvalue weighted by molar-refractivity contribution is 5.57. The molecule has 20 heavy (non-hydrogen) atoms. The molecule has 0 saturated heterocycles. The van der Waals surface area contributed by atoms with Gasteiger partial charge >= 0.3 is 0 Å². The molecule has 0 spiro atoms. The minimum Gasteiger partial charge on any atom is -0.373 e. The molecule has 0 bridgehead atoms. The molecule has 2 aromatic heterocycles. The lowest BCUT2D eigenvalue weighted by atomic mass is 10.1. The molecule has 2 rings (SSSR count). The molecule has 6 nitrogen and oxygen atoms in total. The van der Waals surface area contributed by atoms with Crippen LogP contribution in [-0.4, -0.2) is 33.3 Å². The van der Waals surface area contributed by atoms with E-state index in [1.165, 1.54) is 0 Å². The SMILES string of the molecule is CCCc1c(NC)ncnc1NCCCn1cccn1. The highest BCUT2D eigenvalue weighted by atomic mass is 15.3. The summed E-state index contributed by atoms with van der Waals surface area (Å²) in [5.74, 6) is 1.85. The number of aryl methyl sites for hydroxylation is 1. The molecule has 0 unspecified atom stereocenters. The summed E-state index contributed by atoms with van der Waals surface area (Å²) in [5, 5.41) is 10.7. The van der Waals surface area contributed by atoms with Crippen LogP contribution in [0.3, 0.4) is 0 Å². The van der Waals surface area contributed by atoms with Gasteiger partial charge in [0.1, 0.15) is 18.0 Å². The first-order valence-electron chi connectivity index (χ1n) is 7.08. The van der Waals surface area contributed by atoms with Crippen LogP contribution in [0.1, 0.15) is 25.3 Å². The third-order valence-corrected chi connectivity index (χ3v) is 3.10. The Morgan fingerprint density at radius 2 is 2.10 bits per heavy atom. The van der Waals surface area contributed by atoms with Crippen molar-refractivity contribution in [1.29, 1.82) is 0 Å². The molecule has 6 heteroatoms. The predicted molar refractivity (Wildman–Crippen MR) is 80.9 cm³/mol. The Balaban J connectivity index is 1.91. The smallest absolute Gasteiger partial charge is 0.134 e. The van der Waals surface area contributed by atoms with Gasteiger partial charge in [-0.05, 0) is 18.9 Å². The number of nitrogens with one attached hydrogen (secondary N) is 2. The van der Waals surface area contributed by atoms with Gasteiger partial charge in [-0.25, -0.2) is 9.97 Å². The Labute approximate surface area is 119 Å². The highest BCUT2D eigenvalue weighted by Crippen LogP contribution is 2.21. The number of anilines is 2. The second kappa shape index (κ2) is 7.47. The lowest BCUT2D eigenvalue weighted by molar-refractivity contribution is 0.591. The van der Waals surface area contributed by atoms with E-state index in [1.807, 2.05) is 24.0 Å². The number of rotatable bonds is 8. The minimum absolute atomic E-state index is 0.872. The maximum absolute atomic E-state index is 4.36. The third-order valence-electron chi connectivity index (χ3n) is 3.10. The van der Waals surface area contributed by atoms with Crippen molar-refractivity contribution in [1.82, 2.24) is 19.7 Å². The summed E-state index contributed by atoms with van der Waals surface area (Å²) in [4.78, 5) is 8.62. The molecule has 0 aliphatic rings. The number of aromatic nitrogens is 4. The zero-order valence-corrected chi connectivity index (χ0v) is 12.1. The molecule has 0 atom stereocenters. The predicted octanol–water partition coefficient (Wildman–Crippen LogP) is 2.17. The van der Waals surface area contributed by atoms with Crippen molar-refractivity contribution in [2.75, 3.05) is 24.2 Å². The van der Waals surface area contributed by atoms with E-state index in [9.17, 15) is 0 Å². The maximum atomic E-state index is 4.36. The molecule has 0 aromatic carbocycles. The lowest BCUT2D eigenvalue weighted by Crippen LogP contribution is -2.11. The van der Waals surface area contributed by atoms with E-state index in [0.29, 0.717) is 0 Å². The van der Waals surface area contributed by atoms with Gasteiger partial charge < -0.3 is 10.6 Å². The van der Waals surface area contributed by atoms with Crippen LogP contribution in [0, 0.1) is 0 Å². The van der Waals surface area contributed by atoms with Gasteiger partial charge in [-0.3, -0.25) is 4.68 Å². The average molecular weight is 274 g/mol. The topological polar surface area (TPSA) is 67.7 Å². The van der Waals surface area contributed by atoms with Crippen LogP contribution < -0.4 is 10.6 Å². The Hall–Kier alpha value is -2.11. The fraction of sp³-hybridized carbons (Fsp3) is 0.500. The van der Waals surface area contributed by atoms with Gasteiger partial charge in [0.25, 0.3) is 0 Å². The Bertz CT molecular complexity index is 508. The van der Waals surface area contributed by atoms with Crippen molar-refractivity contribution in [3.8, 4) is 0 Å². The van der Waals surface area contributed by atoms with Gasteiger partial charge in [0, 0.05) is 38.1 Å². The summed E-state index contributed by atoms with van der Waals surface area (Å²) >= 11 is 0. The van der Waals surface area contributed by atoms with Crippen molar-refractivity contribution in [3.63, 3.8) is 0 Å². The zero-order chi connectivity index (χ0) is 14.2. The van der Waals surface area contributed by atoms with Crippen LogP contribution in [-0.2, 0) is 13.0 Å². The first-order chi connectivity index (χ1) is 9.85. The van der Waals surface area contributed by atoms with Gasteiger partial charge in [-0.15, -0.1) is 0 Å². The van der Waals surface area contributed by atoms with E-state index >= 15 is 0 Å². The summed E-state index contributed by atoms with van der Waals surface area (Å²) < 4.78 is 1.94. The Morgan fingerprint density at radius 1 is 1.25 bits per heavy atom. The molecule has 0 amide bonds. The largest absolute Gasteiger partial charge is 0.373 e. The first kappa shape index (κ1) is 14.3. The molecule has 2 heterocycles. The zero-order valence-electron chi connectivity index (χ0n) is 12.1. The summed E-state index contributed by atoms with van der Waals surface area (Å²) in [5.41, 5.74) is 1.16. The van der Waals surface area contributed by atoms with Gasteiger partial charge in [0.2, 0.25) is 0 Å². The molecular weight excluding hydrogens is 252 g/mol. The average Bonchev–Trinajstić information content (AvgIpc) is 2.98. The summed E-state index contributed by atoms with van der Waals surface area (Å²) in [6.45, 7) is 3.94. The summed E-state index contributed by atoms with van der Waals surface area (Å²) in [6.07, 6.45) is 8.43. The van der Waals surface area contributed by atoms with E-state index in [-0.39, 0.29) is 0 Å². The fourth-order valence-corrected chi connectivity index (χ4v) is 2.15. The van der Waals surface area contributed by atoms with E-state index < -0.39 is 0 Å². The van der Waals surface area contributed by atoms with Crippen molar-refractivity contribution in [3.05, 3.63) is 30.4 Å². The van der Waals surface area contributed by atoms with Crippen LogP contribution in [0.5, 0.6) is 0 Å². The van der Waals surface area contributed by atoms with Gasteiger partial charge in [-0.1, -0.05) is 13.3 Å². The van der Waals surface area contributed by atoms with Crippen LogP contribution >= 0.6 is 0 Å². The molecule has 0 aliphatic heterocycles. The van der Waals surface area contributed by atoms with Crippen LogP contribution in [0.15, 0.2) is 24.8 Å². The van der Waals surface area contributed by atoms with E-state index in [2.05, 4.69) is 32.6 Å². The Kier molecular flexibility index (Phi) is 5.34. The molecule has 2 aromatic rings. The van der Waals surface area contributed by atoms with Crippen molar-refractivity contribution < 1.29 is 0 Å². The second-order valence-corrected chi connectivity index (χ2v) is 4.60. The van der Waals surface area contributed by atoms with Gasteiger partial charge in [-0.2, -0.15) is 5.10 Å². The highest BCUT2D eigenvalue weighted by Gasteiger charge is 2.08. The summed E-state index contributed by atoms with van der Waals surface area (Å²) in [6, 6.07) is 1.94. The molecule has 0 saturated carbocycles. The van der Waals surface area contributed by atoms with Crippen molar-refractivity contribution in [2.45, 2.75) is 32.7 Å². The van der Waals surface area contributed by atoms with E-state index in [1.54, 1.807) is 12.5 Å². The van der Waals surface area contributed by atoms with E-state index in [0.717, 1.165) is 49.6 Å². The molecular formula is C14H22N6. The number of nitrogens with zero attached hydrogens (tertiary/aromatic N) is 4. The molecule has 0 aliphatic carbocycles. The molecule has 2 N–H and O–H groups in total. The van der Waals surface area contributed by atoms with Gasteiger partial charge in [0.05, 0.1) is 0 Å². The van der Waals surface area contributed by atoms with Crippen molar-refractivity contribution >= 4 is 11.6 Å². The number of hydrogen-bond donors (Lipinski definition) is 2. The van der Waals surface area contributed by atoms with Crippen molar-refractivity contribution in [2.24, 2.45) is 0 Å². The first-order valence-corrected chi connectivity index (χ1v) is 7.08. The standard InChI is InChI=1S/C14H22N6/c1-3-6-12-13(15-2)17-11-18-14(12)16-7-4-9-20-10-5-8-19-20/h5,8,10-11H,3-4,6-7,9H2,1-2H3,(H2,15,16,17,18).